The van der Waals surface area contributed by atoms with Gasteiger partial charge in [0.1, 0.15) is 11.9 Å². The average Bonchev–Trinajstić information content (AvgIpc) is 3.18. The highest BCUT2D eigenvalue weighted by molar-refractivity contribution is 5.81. The van der Waals surface area contributed by atoms with E-state index in [1.54, 1.807) is 11.9 Å². The number of esters is 1. The first-order chi connectivity index (χ1) is 27.8. The molecule has 0 saturated carbocycles. The summed E-state index contributed by atoms with van der Waals surface area (Å²) in [7, 11) is 1.72. The highest BCUT2D eigenvalue weighted by Crippen LogP contribution is 2.45. The number of nitrogens with one attached hydrogen (secondary N) is 1. The van der Waals surface area contributed by atoms with E-state index in [4.69, 9.17) is 4.74 Å². The Morgan fingerprint density at radius 2 is 1.43 bits per heavy atom. The van der Waals surface area contributed by atoms with Crippen molar-refractivity contribution in [2.24, 2.45) is 29.1 Å². The molecule has 2 N–H and O–H groups in total. The molecule has 0 radical (unpaired) electrons. The van der Waals surface area contributed by atoms with Gasteiger partial charge in [0, 0.05) is 45.3 Å². The first-order valence-electron chi connectivity index (χ1n) is 22.0. The van der Waals surface area contributed by atoms with E-state index in [1.807, 2.05) is 26.8 Å². The van der Waals surface area contributed by atoms with E-state index in [9.17, 15) is 24.3 Å². The van der Waals surface area contributed by atoms with Crippen LogP contribution >= 0.6 is 0 Å². The van der Waals surface area contributed by atoms with Gasteiger partial charge in [0.15, 0.2) is 0 Å². The van der Waals surface area contributed by atoms with Gasteiger partial charge in [-0.3, -0.25) is 19.2 Å². The van der Waals surface area contributed by atoms with Gasteiger partial charge in [-0.15, -0.1) is 0 Å². The Morgan fingerprint density at radius 3 is 2.00 bits per heavy atom. The zero-order valence-corrected chi connectivity index (χ0v) is 36.9. The zero-order valence-electron chi connectivity index (χ0n) is 36.9. The number of amides is 2. The lowest BCUT2D eigenvalue weighted by atomic mass is 9.65. The van der Waals surface area contributed by atoms with Crippen LogP contribution < -0.4 is 5.32 Å². The molecule has 2 amide bonds. The standard InChI is InChI=1S/C50H76N2O6/c1-8-10-11-12-13-14-15-16-17-18-19-20-21-22-23-24-25-26-27-28-47(56)52(7)34-33-51-46(55)38-43(54)37-42(53)31-32-44-40(4)29-30-41-35-39(3)36-45(48(41)44)58-49(57)50(5,6)9-2/h10-11,13-14,16-17,19-20,22-23,25-26,29-30,35,39-40,43-45,48,54H,8-9,12,15,18,21,24,27-28,31-34,36-38H2,1-7H3,(H,51,55)/b11-10-,14-13-,17-16-,20-19-,23-22-,26-25-/t39-,40-,43+,44-,45?,48?/m0/s1. The molecule has 322 valence electrons. The summed E-state index contributed by atoms with van der Waals surface area (Å²) < 4.78 is 6.19. The van der Waals surface area contributed by atoms with Gasteiger partial charge in [0.25, 0.3) is 0 Å². The molecule has 0 fully saturated rings. The van der Waals surface area contributed by atoms with E-state index in [1.165, 1.54) is 5.57 Å². The third-order valence-electron chi connectivity index (χ3n) is 11.2. The van der Waals surface area contributed by atoms with Crippen LogP contribution in [-0.4, -0.2) is 65.9 Å². The van der Waals surface area contributed by atoms with Crippen LogP contribution in [0.1, 0.15) is 131 Å². The molecule has 0 aliphatic heterocycles. The number of aliphatic hydroxyl groups excluding tert-OH is 1. The molecule has 0 bridgehead atoms. The molecule has 6 atom stereocenters. The maximum absolute atomic E-state index is 13.1. The number of likely N-dealkylation sites (N-methyl/N-ethyl adjacent to an activating group) is 1. The number of hydrogen-bond acceptors (Lipinski definition) is 6. The minimum Gasteiger partial charge on any atom is -0.461 e. The summed E-state index contributed by atoms with van der Waals surface area (Å²) in [5.74, 6) is 0.0322. The quantitative estimate of drug-likeness (QED) is 0.0632. The lowest BCUT2D eigenvalue weighted by molar-refractivity contribution is -0.164. The molecular formula is C50H76N2O6. The Hall–Kier alpha value is -4.04. The summed E-state index contributed by atoms with van der Waals surface area (Å²) in [6.45, 7) is 12.9. The van der Waals surface area contributed by atoms with Crippen LogP contribution in [0.15, 0.2) is 96.7 Å². The summed E-state index contributed by atoms with van der Waals surface area (Å²) >= 11 is 0. The van der Waals surface area contributed by atoms with E-state index >= 15 is 0 Å². The summed E-state index contributed by atoms with van der Waals surface area (Å²) in [6.07, 6.45) is 40.0. The molecule has 0 spiro atoms. The van der Waals surface area contributed by atoms with Crippen molar-refractivity contribution in [2.75, 3.05) is 20.1 Å². The largest absolute Gasteiger partial charge is 0.461 e. The molecule has 2 unspecified atom stereocenters. The second kappa shape index (κ2) is 28.4. The number of nitrogens with zero attached hydrogens (tertiary/aromatic N) is 1. The molecule has 0 aromatic carbocycles. The normalized spacial score (nSPS) is 21.7. The maximum atomic E-state index is 13.1. The molecule has 2 aliphatic carbocycles. The van der Waals surface area contributed by atoms with Crippen LogP contribution in [0.4, 0.5) is 0 Å². The van der Waals surface area contributed by atoms with Gasteiger partial charge >= 0.3 is 5.97 Å². The van der Waals surface area contributed by atoms with Crippen LogP contribution in [0, 0.1) is 29.1 Å². The predicted octanol–water partition coefficient (Wildman–Crippen LogP) is 10.3. The van der Waals surface area contributed by atoms with E-state index in [-0.39, 0.29) is 79.1 Å². The minimum atomic E-state index is -1.08. The lowest BCUT2D eigenvalue weighted by Crippen LogP contribution is -2.43. The van der Waals surface area contributed by atoms with Crippen molar-refractivity contribution in [3.05, 3.63) is 96.7 Å². The fourth-order valence-electron chi connectivity index (χ4n) is 7.24. The first kappa shape index (κ1) is 50.1. The van der Waals surface area contributed by atoms with Crippen molar-refractivity contribution in [3.8, 4) is 0 Å². The number of aliphatic hydroxyl groups is 1. The summed E-state index contributed by atoms with van der Waals surface area (Å²) in [5.41, 5.74) is 0.619. The van der Waals surface area contributed by atoms with E-state index in [0.717, 1.165) is 44.9 Å². The van der Waals surface area contributed by atoms with Gasteiger partial charge in [-0.1, -0.05) is 119 Å². The molecule has 2 rings (SSSR count). The van der Waals surface area contributed by atoms with Crippen molar-refractivity contribution >= 4 is 23.6 Å². The number of hydrogen-bond donors (Lipinski definition) is 2. The number of carbonyl (C=O) groups is 4. The van der Waals surface area contributed by atoms with Crippen LogP contribution in [0.5, 0.6) is 0 Å². The van der Waals surface area contributed by atoms with Crippen LogP contribution in [0.2, 0.25) is 0 Å². The molecule has 0 aromatic heterocycles. The van der Waals surface area contributed by atoms with Gasteiger partial charge < -0.3 is 20.1 Å². The van der Waals surface area contributed by atoms with E-state index < -0.39 is 11.5 Å². The van der Waals surface area contributed by atoms with Crippen molar-refractivity contribution in [1.29, 1.82) is 0 Å². The van der Waals surface area contributed by atoms with Gasteiger partial charge in [-0.2, -0.15) is 0 Å². The van der Waals surface area contributed by atoms with Crippen molar-refractivity contribution in [1.82, 2.24) is 10.2 Å². The van der Waals surface area contributed by atoms with Crippen molar-refractivity contribution < 1.29 is 29.0 Å². The predicted molar refractivity (Wildman–Crippen MR) is 239 cm³/mol. The number of ketones is 1. The fourth-order valence-corrected chi connectivity index (χ4v) is 7.24. The smallest absolute Gasteiger partial charge is 0.311 e. The Kier molecular flexibility index (Phi) is 24.5. The third-order valence-corrected chi connectivity index (χ3v) is 11.2. The van der Waals surface area contributed by atoms with Crippen LogP contribution in [0.25, 0.3) is 0 Å². The maximum Gasteiger partial charge on any atom is 0.311 e. The second-order valence-corrected chi connectivity index (χ2v) is 16.7. The minimum absolute atomic E-state index is 0.00168. The molecular weight excluding hydrogens is 725 g/mol. The Bertz CT molecular complexity index is 1510. The number of allylic oxidation sites excluding steroid dienone is 15. The number of fused-ring (bicyclic) bond motifs is 1. The SMILES string of the molecule is CC/C=C\C/C=C\C/C=C\C/C=C\C/C=C\C/C=C\CCC(=O)N(C)CCNC(=O)C[C@H](O)CC(=O)CC[C@@H]1C2C(=C[C@H](C)CC2OC(=O)C(C)(C)CC)C=C[C@@H]1C. The molecule has 2 aliphatic rings. The topological polar surface area (TPSA) is 113 Å². The number of Topliss-reactive ketones (excluding diaryl/α,β-unsaturated/α-hetero) is 1. The molecule has 8 heteroatoms. The molecule has 0 aromatic rings. The molecule has 0 heterocycles. The Morgan fingerprint density at radius 1 is 0.862 bits per heavy atom. The van der Waals surface area contributed by atoms with Gasteiger partial charge in [-0.25, -0.2) is 0 Å². The van der Waals surface area contributed by atoms with E-state index in [0.29, 0.717) is 32.2 Å². The first-order valence-corrected chi connectivity index (χ1v) is 22.0. The lowest BCUT2D eigenvalue weighted by Gasteiger charge is -2.43. The second-order valence-electron chi connectivity index (χ2n) is 16.7. The van der Waals surface area contributed by atoms with E-state index in [2.05, 4.69) is 111 Å². The molecule has 0 saturated heterocycles. The monoisotopic (exact) mass is 801 g/mol. The number of rotatable bonds is 27. The summed E-state index contributed by atoms with van der Waals surface area (Å²) in [6, 6.07) is 0. The van der Waals surface area contributed by atoms with Crippen molar-refractivity contribution in [2.45, 2.75) is 144 Å². The van der Waals surface area contributed by atoms with Gasteiger partial charge in [-0.05, 0) is 101 Å². The number of ether oxygens (including phenoxy) is 1. The third kappa shape index (κ3) is 20.1. The average molecular weight is 801 g/mol. The summed E-state index contributed by atoms with van der Waals surface area (Å²) in [5, 5.41) is 13.3. The van der Waals surface area contributed by atoms with Crippen molar-refractivity contribution in [3.63, 3.8) is 0 Å². The molecule has 58 heavy (non-hydrogen) atoms. The summed E-state index contributed by atoms with van der Waals surface area (Å²) in [4.78, 5) is 52.8. The van der Waals surface area contributed by atoms with Gasteiger partial charge in [0.2, 0.25) is 11.8 Å². The van der Waals surface area contributed by atoms with Crippen LogP contribution in [0.3, 0.4) is 0 Å². The molecule has 8 nitrogen and oxygen atoms in total. The fraction of sp³-hybridized carbons (Fsp3) is 0.600. The van der Waals surface area contributed by atoms with Gasteiger partial charge in [0.05, 0.1) is 17.9 Å². The highest BCUT2D eigenvalue weighted by atomic mass is 16.5. The van der Waals surface area contributed by atoms with Crippen LogP contribution in [-0.2, 0) is 23.9 Å². The Balaban J connectivity index is 1.62. The Labute approximate surface area is 351 Å². The zero-order chi connectivity index (χ0) is 42.8. The highest BCUT2D eigenvalue weighted by Gasteiger charge is 2.43. The number of carbonyl (C=O) groups excluding carboxylic acids is 4.